The van der Waals surface area contributed by atoms with Gasteiger partial charge in [0.15, 0.2) is 16.3 Å². The van der Waals surface area contributed by atoms with Crippen LogP contribution in [0.25, 0.3) is 11.2 Å². The van der Waals surface area contributed by atoms with E-state index in [0.717, 1.165) is 11.3 Å². The van der Waals surface area contributed by atoms with Crippen LogP contribution < -0.4 is 10.5 Å². The van der Waals surface area contributed by atoms with E-state index < -0.39 is 0 Å². The molecule has 0 aliphatic rings. The highest BCUT2D eigenvalue weighted by molar-refractivity contribution is 7.99. The average Bonchev–Trinajstić information content (AvgIpc) is 2.90. The summed E-state index contributed by atoms with van der Waals surface area (Å²) in [5.74, 6) is 0.762. The summed E-state index contributed by atoms with van der Waals surface area (Å²) in [6.07, 6.45) is 0. The quantitative estimate of drug-likeness (QED) is 0.697. The second kappa shape index (κ2) is 7.33. The molecule has 0 atom stereocenters. The van der Waals surface area contributed by atoms with E-state index in [9.17, 15) is 9.59 Å². The highest BCUT2D eigenvalue weighted by Crippen LogP contribution is 2.22. The minimum absolute atomic E-state index is 0.00629. The number of amides is 1. The van der Waals surface area contributed by atoms with E-state index in [2.05, 4.69) is 15.0 Å². The zero-order valence-corrected chi connectivity index (χ0v) is 16.1. The maximum atomic E-state index is 12.7. The van der Waals surface area contributed by atoms with E-state index >= 15 is 0 Å². The molecule has 1 aromatic carbocycles. The summed E-state index contributed by atoms with van der Waals surface area (Å²) in [5.41, 5.74) is 2.54. The number of aromatic amines is 1. The van der Waals surface area contributed by atoms with Gasteiger partial charge in [0.25, 0.3) is 5.56 Å². The number of imidazole rings is 1. The number of nitrogens with zero attached hydrogens (tertiary/aromatic N) is 4. The standard InChI is InChI=1S/C18H21N5O2S/c1-5-23(13-8-6-7-11(2)9-13)14(24)10-26-18-21-15-16(22(18)4)19-12(3)20-17(15)25/h6-9H,5,10H2,1-4H3,(H,19,20,25). The fourth-order valence-electron chi connectivity index (χ4n) is 2.79. The van der Waals surface area contributed by atoms with Crippen molar-refractivity contribution in [2.45, 2.75) is 25.9 Å². The van der Waals surface area contributed by atoms with Crippen LogP contribution in [0.3, 0.4) is 0 Å². The fraction of sp³-hybridized carbons (Fsp3) is 0.333. The van der Waals surface area contributed by atoms with Gasteiger partial charge in [-0.1, -0.05) is 23.9 Å². The third kappa shape index (κ3) is 3.50. The number of carbonyl (C=O) groups excluding carboxylic acids is 1. The van der Waals surface area contributed by atoms with E-state index in [-0.39, 0.29) is 17.2 Å². The summed E-state index contributed by atoms with van der Waals surface area (Å²) >= 11 is 1.31. The van der Waals surface area contributed by atoms with Crippen molar-refractivity contribution in [1.82, 2.24) is 19.5 Å². The molecule has 1 N–H and O–H groups in total. The number of hydrogen-bond acceptors (Lipinski definition) is 5. The van der Waals surface area contributed by atoms with Gasteiger partial charge in [0, 0.05) is 19.3 Å². The van der Waals surface area contributed by atoms with Crippen molar-refractivity contribution >= 4 is 34.5 Å². The lowest BCUT2D eigenvalue weighted by Gasteiger charge is -2.21. The highest BCUT2D eigenvalue weighted by Gasteiger charge is 2.18. The Bertz CT molecular complexity index is 1020. The minimum Gasteiger partial charge on any atom is -0.312 e. The zero-order valence-electron chi connectivity index (χ0n) is 15.2. The van der Waals surface area contributed by atoms with Crippen molar-refractivity contribution in [2.24, 2.45) is 7.05 Å². The highest BCUT2D eigenvalue weighted by atomic mass is 32.2. The van der Waals surface area contributed by atoms with Gasteiger partial charge in [-0.25, -0.2) is 9.97 Å². The second-order valence-electron chi connectivity index (χ2n) is 6.04. The zero-order chi connectivity index (χ0) is 18.8. The molecule has 1 amide bonds. The SMILES string of the molecule is CCN(C(=O)CSc1nc2c(=O)[nH]c(C)nc2n1C)c1cccc(C)c1. The van der Waals surface area contributed by atoms with Crippen LogP contribution in [0.15, 0.2) is 34.2 Å². The Morgan fingerprint density at radius 3 is 2.77 bits per heavy atom. The molecule has 0 saturated heterocycles. The molecule has 0 spiro atoms. The van der Waals surface area contributed by atoms with Crippen LogP contribution in [0.2, 0.25) is 0 Å². The summed E-state index contributed by atoms with van der Waals surface area (Å²) in [7, 11) is 1.80. The molecular weight excluding hydrogens is 350 g/mol. The molecular formula is C18H21N5O2S. The summed E-state index contributed by atoms with van der Waals surface area (Å²) in [5, 5.41) is 0.595. The Morgan fingerprint density at radius 1 is 1.31 bits per heavy atom. The molecule has 0 radical (unpaired) electrons. The Kier molecular flexibility index (Phi) is 5.13. The molecule has 7 nitrogen and oxygen atoms in total. The number of fused-ring (bicyclic) bond motifs is 1. The number of hydrogen-bond donors (Lipinski definition) is 1. The molecule has 3 rings (SSSR count). The monoisotopic (exact) mass is 371 g/mol. The smallest absolute Gasteiger partial charge is 0.279 e. The lowest BCUT2D eigenvalue weighted by molar-refractivity contribution is -0.116. The van der Waals surface area contributed by atoms with Gasteiger partial charge >= 0.3 is 0 Å². The van der Waals surface area contributed by atoms with Crippen molar-refractivity contribution in [3.63, 3.8) is 0 Å². The number of nitrogens with one attached hydrogen (secondary N) is 1. The van der Waals surface area contributed by atoms with Gasteiger partial charge in [-0.15, -0.1) is 0 Å². The first-order valence-corrected chi connectivity index (χ1v) is 9.32. The van der Waals surface area contributed by atoms with Crippen LogP contribution in [-0.4, -0.2) is 37.7 Å². The van der Waals surface area contributed by atoms with Gasteiger partial charge in [-0.2, -0.15) is 0 Å². The average molecular weight is 371 g/mol. The Balaban J connectivity index is 1.81. The molecule has 0 unspecified atom stereocenters. The number of aryl methyl sites for hydroxylation is 3. The number of carbonyl (C=O) groups is 1. The second-order valence-corrected chi connectivity index (χ2v) is 6.99. The van der Waals surface area contributed by atoms with Crippen LogP contribution in [0.4, 0.5) is 5.69 Å². The largest absolute Gasteiger partial charge is 0.312 e. The molecule has 3 aromatic rings. The number of thioether (sulfide) groups is 1. The molecule has 0 aliphatic carbocycles. The molecule has 2 heterocycles. The van der Waals surface area contributed by atoms with Gasteiger partial charge in [-0.3, -0.25) is 9.59 Å². The molecule has 0 saturated carbocycles. The lowest BCUT2D eigenvalue weighted by atomic mass is 10.2. The predicted octanol–water partition coefficient (Wildman–Crippen LogP) is 2.42. The molecule has 0 fully saturated rings. The van der Waals surface area contributed by atoms with Crippen molar-refractivity contribution < 1.29 is 4.79 Å². The van der Waals surface area contributed by atoms with Gasteiger partial charge in [-0.05, 0) is 38.5 Å². The van der Waals surface area contributed by atoms with Gasteiger partial charge in [0.2, 0.25) is 5.91 Å². The topological polar surface area (TPSA) is 83.9 Å². The molecule has 8 heteroatoms. The Morgan fingerprint density at radius 2 is 2.08 bits per heavy atom. The molecule has 136 valence electrons. The molecule has 0 aliphatic heterocycles. The van der Waals surface area contributed by atoms with Crippen LogP contribution in [0, 0.1) is 13.8 Å². The van der Waals surface area contributed by atoms with Crippen LogP contribution in [0.1, 0.15) is 18.3 Å². The Labute approximate surface area is 155 Å². The fourth-order valence-corrected chi connectivity index (χ4v) is 3.64. The third-order valence-electron chi connectivity index (χ3n) is 4.06. The first-order valence-electron chi connectivity index (χ1n) is 8.34. The van der Waals surface area contributed by atoms with Crippen LogP contribution >= 0.6 is 11.8 Å². The van der Waals surface area contributed by atoms with Crippen molar-refractivity contribution in [2.75, 3.05) is 17.2 Å². The minimum atomic E-state index is -0.267. The lowest BCUT2D eigenvalue weighted by Crippen LogP contribution is -2.32. The molecule has 0 bridgehead atoms. The maximum absolute atomic E-state index is 12.7. The number of anilines is 1. The van der Waals surface area contributed by atoms with E-state index in [1.165, 1.54) is 11.8 Å². The summed E-state index contributed by atoms with van der Waals surface area (Å²) in [6.45, 7) is 6.27. The summed E-state index contributed by atoms with van der Waals surface area (Å²) < 4.78 is 1.75. The van der Waals surface area contributed by atoms with Crippen molar-refractivity contribution in [3.8, 4) is 0 Å². The number of benzene rings is 1. The van der Waals surface area contributed by atoms with Crippen molar-refractivity contribution in [1.29, 1.82) is 0 Å². The first kappa shape index (κ1) is 18.2. The van der Waals surface area contributed by atoms with Gasteiger partial charge in [0.1, 0.15) is 5.82 Å². The van der Waals surface area contributed by atoms with E-state index in [4.69, 9.17) is 0 Å². The van der Waals surface area contributed by atoms with E-state index in [0.29, 0.717) is 28.7 Å². The molecule has 26 heavy (non-hydrogen) atoms. The Hall–Kier alpha value is -2.61. The number of aromatic nitrogens is 4. The maximum Gasteiger partial charge on any atom is 0.279 e. The van der Waals surface area contributed by atoms with Crippen LogP contribution in [0.5, 0.6) is 0 Å². The van der Waals surface area contributed by atoms with Crippen molar-refractivity contribution in [3.05, 3.63) is 46.0 Å². The first-order chi connectivity index (χ1) is 12.4. The summed E-state index contributed by atoms with van der Waals surface area (Å²) in [4.78, 5) is 37.8. The third-order valence-corrected chi connectivity index (χ3v) is 5.08. The number of H-pyrrole nitrogens is 1. The van der Waals surface area contributed by atoms with E-state index in [1.807, 2.05) is 38.1 Å². The molecule has 2 aromatic heterocycles. The summed E-state index contributed by atoms with van der Waals surface area (Å²) in [6, 6.07) is 7.87. The number of rotatable bonds is 5. The van der Waals surface area contributed by atoms with Gasteiger partial charge < -0.3 is 14.5 Å². The normalized spacial score (nSPS) is 11.1. The van der Waals surface area contributed by atoms with E-state index in [1.54, 1.807) is 23.4 Å². The van der Waals surface area contributed by atoms with Gasteiger partial charge in [0.05, 0.1) is 5.75 Å². The predicted molar refractivity (Wildman–Crippen MR) is 104 cm³/mol. The van der Waals surface area contributed by atoms with Crippen LogP contribution in [-0.2, 0) is 11.8 Å².